The van der Waals surface area contributed by atoms with Crippen molar-refractivity contribution in [3.8, 4) is 18.2 Å². The quantitative estimate of drug-likeness (QED) is 0.672. The fraction of sp³-hybridized carbons (Fsp3) is 0.294. The molecule has 6 nitrogen and oxygen atoms in total. The Labute approximate surface area is 133 Å². The van der Waals surface area contributed by atoms with Crippen LogP contribution in [-0.2, 0) is 4.79 Å². The largest absolute Gasteiger partial charge is 0.307 e. The second-order valence-electron chi connectivity index (χ2n) is 5.47. The van der Waals surface area contributed by atoms with Crippen molar-refractivity contribution in [1.82, 2.24) is 0 Å². The molecule has 0 spiro atoms. The Morgan fingerprint density at radius 2 is 1.83 bits per heavy atom. The van der Waals surface area contributed by atoms with Crippen molar-refractivity contribution in [2.45, 2.75) is 12.8 Å². The van der Waals surface area contributed by atoms with E-state index >= 15 is 0 Å². The Kier molecular flexibility index (Phi) is 4.08. The highest BCUT2D eigenvalue weighted by atomic mass is 16.1. The van der Waals surface area contributed by atoms with Crippen LogP contribution in [0.2, 0.25) is 0 Å². The molecule has 23 heavy (non-hydrogen) atoms. The lowest BCUT2D eigenvalue weighted by molar-refractivity contribution is -0.109. The molecule has 1 fully saturated rings. The maximum Gasteiger partial charge on any atom is 0.169 e. The van der Waals surface area contributed by atoms with E-state index in [-0.39, 0.29) is 12.1 Å². The predicted molar refractivity (Wildman–Crippen MR) is 79.0 cm³/mol. The van der Waals surface area contributed by atoms with E-state index in [1.807, 2.05) is 6.07 Å². The van der Waals surface area contributed by atoms with Crippen LogP contribution in [0.4, 0.5) is 0 Å². The zero-order chi connectivity index (χ0) is 17.1. The van der Waals surface area contributed by atoms with Gasteiger partial charge in [0.15, 0.2) is 11.2 Å². The van der Waals surface area contributed by atoms with Crippen LogP contribution in [0.3, 0.4) is 0 Å². The number of nitrogens with one attached hydrogen (secondary N) is 1. The van der Waals surface area contributed by atoms with Crippen molar-refractivity contribution >= 4 is 17.8 Å². The molecule has 1 aromatic carbocycles. The van der Waals surface area contributed by atoms with E-state index in [0.29, 0.717) is 11.8 Å². The summed E-state index contributed by atoms with van der Waals surface area (Å²) in [5.74, 6) is -1.45. The van der Waals surface area contributed by atoms with E-state index in [4.69, 9.17) is 5.41 Å². The number of carbonyl (C=O) groups excluding carboxylic acids is 2. The van der Waals surface area contributed by atoms with E-state index in [1.54, 1.807) is 42.5 Å². The van der Waals surface area contributed by atoms with Crippen LogP contribution >= 0.6 is 0 Å². The lowest BCUT2D eigenvalue weighted by atomic mass is 9.64. The minimum Gasteiger partial charge on any atom is -0.307 e. The first-order chi connectivity index (χ1) is 11.0. The maximum absolute atomic E-state index is 12.5. The van der Waals surface area contributed by atoms with Gasteiger partial charge in [-0.25, -0.2) is 0 Å². The van der Waals surface area contributed by atoms with Gasteiger partial charge in [0, 0.05) is 17.7 Å². The average Bonchev–Trinajstić information content (AvgIpc) is 2.84. The van der Waals surface area contributed by atoms with Crippen molar-refractivity contribution in [2.75, 3.05) is 0 Å². The van der Waals surface area contributed by atoms with Crippen LogP contribution in [0.15, 0.2) is 30.3 Å². The SMILES string of the molecule is N#CC1(C#N)CC(C=O)C(=N)[C@]1(C#N)CC(=O)c1ccccc1. The number of carbonyl (C=O) groups is 2. The third-order valence-corrected chi connectivity index (χ3v) is 4.34. The molecule has 0 heterocycles. The molecule has 1 aliphatic rings. The van der Waals surface area contributed by atoms with Gasteiger partial charge in [0.05, 0.1) is 24.1 Å². The molecule has 2 rings (SSSR count). The minimum atomic E-state index is -1.91. The summed E-state index contributed by atoms with van der Waals surface area (Å²) in [6, 6.07) is 13.6. The summed E-state index contributed by atoms with van der Waals surface area (Å²) in [6.07, 6.45) is -0.256. The summed E-state index contributed by atoms with van der Waals surface area (Å²) in [6.45, 7) is 0. The fourth-order valence-corrected chi connectivity index (χ4v) is 2.98. The first kappa shape index (κ1) is 16.1. The number of nitrogens with zero attached hydrogens (tertiary/aromatic N) is 3. The van der Waals surface area contributed by atoms with Crippen LogP contribution in [-0.4, -0.2) is 17.8 Å². The average molecular weight is 304 g/mol. The van der Waals surface area contributed by atoms with Crippen molar-refractivity contribution in [3.05, 3.63) is 35.9 Å². The number of Topliss-reactive ketones (excluding diaryl/α,β-unsaturated/α-hetero) is 1. The van der Waals surface area contributed by atoms with Gasteiger partial charge < -0.3 is 10.2 Å². The van der Waals surface area contributed by atoms with Crippen LogP contribution < -0.4 is 0 Å². The third-order valence-electron chi connectivity index (χ3n) is 4.34. The second-order valence-corrected chi connectivity index (χ2v) is 5.47. The highest BCUT2D eigenvalue weighted by Gasteiger charge is 2.65. The molecule has 0 saturated heterocycles. The normalized spacial score (nSPS) is 24.9. The molecule has 0 aliphatic heterocycles. The molecular weight excluding hydrogens is 292 g/mol. The smallest absolute Gasteiger partial charge is 0.169 e. The molecule has 0 radical (unpaired) electrons. The Bertz CT molecular complexity index is 781. The Morgan fingerprint density at radius 3 is 2.30 bits per heavy atom. The van der Waals surface area contributed by atoms with Crippen LogP contribution in [0.5, 0.6) is 0 Å². The second kappa shape index (κ2) is 5.83. The summed E-state index contributed by atoms with van der Waals surface area (Å²) >= 11 is 0. The van der Waals surface area contributed by atoms with E-state index in [0.717, 1.165) is 0 Å². The van der Waals surface area contributed by atoms with Crippen LogP contribution in [0, 0.1) is 56.2 Å². The van der Waals surface area contributed by atoms with Gasteiger partial charge in [-0.05, 0) is 6.42 Å². The van der Waals surface area contributed by atoms with E-state index in [9.17, 15) is 25.4 Å². The molecule has 1 unspecified atom stereocenters. The number of hydrogen-bond donors (Lipinski definition) is 1. The van der Waals surface area contributed by atoms with Crippen molar-refractivity contribution in [1.29, 1.82) is 21.2 Å². The molecule has 2 atom stereocenters. The fourth-order valence-electron chi connectivity index (χ4n) is 2.98. The topological polar surface area (TPSA) is 129 Å². The lowest BCUT2D eigenvalue weighted by Gasteiger charge is -2.29. The molecule has 1 N–H and O–H groups in total. The van der Waals surface area contributed by atoms with Gasteiger partial charge in [-0.15, -0.1) is 0 Å². The van der Waals surface area contributed by atoms with Gasteiger partial charge in [-0.3, -0.25) is 4.79 Å². The Balaban J connectivity index is 2.54. The molecule has 1 aromatic rings. The summed E-state index contributed by atoms with van der Waals surface area (Å²) in [7, 11) is 0. The highest BCUT2D eigenvalue weighted by Crippen LogP contribution is 2.54. The number of aldehydes is 1. The molecule has 1 saturated carbocycles. The van der Waals surface area contributed by atoms with Gasteiger partial charge >= 0.3 is 0 Å². The third kappa shape index (κ3) is 2.20. The zero-order valence-corrected chi connectivity index (χ0v) is 12.1. The maximum atomic E-state index is 12.5. The monoisotopic (exact) mass is 304 g/mol. The van der Waals surface area contributed by atoms with Crippen molar-refractivity contribution < 1.29 is 9.59 Å². The molecule has 0 aromatic heterocycles. The predicted octanol–water partition coefficient (Wildman–Crippen LogP) is 2.04. The van der Waals surface area contributed by atoms with Gasteiger partial charge in [-0.1, -0.05) is 30.3 Å². The van der Waals surface area contributed by atoms with E-state index < -0.39 is 29.0 Å². The standard InChI is InChI=1S/C17H12N4O2/c18-9-16(10-19)6-13(8-22)15(21)17(16,11-20)7-14(23)12-4-2-1-3-5-12/h1-5,8,13,21H,6-7H2/t13?,17-/m1/s1. The van der Waals surface area contributed by atoms with Crippen LogP contribution in [0.25, 0.3) is 0 Å². The number of benzene rings is 1. The lowest BCUT2D eigenvalue weighted by Crippen LogP contribution is -2.41. The van der Waals surface area contributed by atoms with Gasteiger partial charge in [-0.2, -0.15) is 15.8 Å². The van der Waals surface area contributed by atoms with Crippen LogP contribution in [0.1, 0.15) is 23.2 Å². The number of nitriles is 3. The van der Waals surface area contributed by atoms with Crippen molar-refractivity contribution in [2.24, 2.45) is 16.7 Å². The summed E-state index contributed by atoms with van der Waals surface area (Å²) < 4.78 is 0. The first-order valence-corrected chi connectivity index (χ1v) is 6.86. The van der Waals surface area contributed by atoms with Gasteiger partial charge in [0.2, 0.25) is 0 Å². The van der Waals surface area contributed by atoms with Gasteiger partial charge in [0.25, 0.3) is 0 Å². The highest BCUT2D eigenvalue weighted by molar-refractivity contribution is 6.09. The zero-order valence-electron chi connectivity index (χ0n) is 12.1. The first-order valence-electron chi connectivity index (χ1n) is 6.86. The number of hydrogen-bond acceptors (Lipinski definition) is 6. The molecular formula is C17H12N4O2. The van der Waals surface area contributed by atoms with E-state index in [2.05, 4.69) is 0 Å². The minimum absolute atomic E-state index is 0.238. The molecule has 0 bridgehead atoms. The molecule has 1 aliphatic carbocycles. The van der Waals surface area contributed by atoms with E-state index in [1.165, 1.54) is 0 Å². The molecule has 6 heteroatoms. The summed E-state index contributed by atoms with van der Waals surface area (Å²) in [5, 5.41) is 36.7. The summed E-state index contributed by atoms with van der Waals surface area (Å²) in [5.41, 5.74) is -3.79. The Morgan fingerprint density at radius 1 is 1.22 bits per heavy atom. The number of ketones is 1. The van der Waals surface area contributed by atoms with Crippen molar-refractivity contribution in [3.63, 3.8) is 0 Å². The summed E-state index contributed by atoms with van der Waals surface area (Å²) in [4.78, 5) is 23.6. The molecule has 0 amide bonds. The van der Waals surface area contributed by atoms with Gasteiger partial charge in [0.1, 0.15) is 11.7 Å². The molecule has 112 valence electrons. The number of rotatable bonds is 4. The Hall–Kier alpha value is -3.30.